The molecule has 0 bridgehead atoms. The number of oxazole rings is 1. The monoisotopic (exact) mass is 493 g/mol. The van der Waals surface area contributed by atoms with Crippen LogP contribution in [0.5, 0.6) is 0 Å². The number of rotatable bonds is 5. The third-order valence-electron chi connectivity index (χ3n) is 5.04. The van der Waals surface area contributed by atoms with Crippen molar-refractivity contribution in [3.8, 4) is 11.3 Å². The highest BCUT2D eigenvalue weighted by Crippen LogP contribution is 2.32. The maximum absolute atomic E-state index is 12.7. The zero-order valence-corrected chi connectivity index (χ0v) is 19.8. The van der Waals surface area contributed by atoms with E-state index < -0.39 is 34.9 Å². The van der Waals surface area contributed by atoms with E-state index in [1.807, 2.05) is 20.8 Å². The minimum atomic E-state index is -4.42. The van der Waals surface area contributed by atoms with Gasteiger partial charge in [-0.15, -0.1) is 0 Å². The van der Waals surface area contributed by atoms with Gasteiger partial charge >= 0.3 is 18.2 Å². The number of hydrogen-bond donors (Lipinski definition) is 3. The van der Waals surface area contributed by atoms with Gasteiger partial charge in [-0.1, -0.05) is 12.1 Å². The maximum Gasteiger partial charge on any atom is 0.429 e. The van der Waals surface area contributed by atoms with Crippen molar-refractivity contribution in [3.05, 3.63) is 60.1 Å². The first kappa shape index (κ1) is 25.8. The number of ether oxygens (including phenoxy) is 1. The number of likely N-dealkylation sites (N-methyl/N-ethyl adjacent to an activating group) is 1. The second-order valence-corrected chi connectivity index (χ2v) is 9.08. The molecule has 1 unspecified atom stereocenters. The van der Waals surface area contributed by atoms with Crippen LogP contribution in [0.1, 0.15) is 33.3 Å². The van der Waals surface area contributed by atoms with Crippen LogP contribution in [0, 0.1) is 0 Å². The lowest BCUT2D eigenvalue weighted by Crippen LogP contribution is -2.53. The Bertz CT molecular complexity index is 1150. The topological polar surface area (TPSA) is 109 Å². The highest BCUT2D eigenvalue weighted by atomic mass is 19.4. The number of allylic oxidation sites excluding steroid dienone is 1. The molecule has 9 nitrogen and oxygen atoms in total. The van der Waals surface area contributed by atoms with Crippen LogP contribution in [0.2, 0.25) is 0 Å². The number of nitrogens with one attached hydrogen (secondary N) is 3. The molecule has 1 aliphatic heterocycles. The number of hydrogen-bond acceptors (Lipinski definition) is 8. The van der Waals surface area contributed by atoms with Crippen LogP contribution in [0.4, 0.5) is 24.0 Å². The van der Waals surface area contributed by atoms with E-state index in [4.69, 9.17) is 9.15 Å². The zero-order valence-electron chi connectivity index (χ0n) is 19.8. The number of benzene rings is 1. The van der Waals surface area contributed by atoms with E-state index in [1.165, 1.54) is 18.3 Å². The second-order valence-electron chi connectivity index (χ2n) is 9.08. The van der Waals surface area contributed by atoms with Crippen LogP contribution in [0.15, 0.2) is 58.9 Å². The Balaban J connectivity index is 1.63. The van der Waals surface area contributed by atoms with Gasteiger partial charge in [-0.05, 0) is 52.0 Å². The number of nitrogens with zero attached hydrogens (tertiary/aromatic N) is 2. The molecule has 3 N–H and O–H groups in total. The maximum atomic E-state index is 12.7. The number of alkyl halides is 3. The summed E-state index contributed by atoms with van der Waals surface area (Å²) in [5.74, 6) is -0.515. The van der Waals surface area contributed by atoms with Crippen LogP contribution < -0.4 is 16.2 Å². The van der Waals surface area contributed by atoms with Crippen LogP contribution in [0.3, 0.4) is 0 Å². The highest BCUT2D eigenvalue weighted by molar-refractivity contribution is 5.92. The van der Waals surface area contributed by atoms with Crippen molar-refractivity contribution in [1.82, 2.24) is 20.7 Å². The molecule has 2 aromatic rings. The summed E-state index contributed by atoms with van der Waals surface area (Å²) in [6, 6.07) is 4.62. The summed E-state index contributed by atoms with van der Waals surface area (Å²) >= 11 is 0. The molecule has 0 aliphatic carbocycles. The summed E-state index contributed by atoms with van der Waals surface area (Å²) in [5, 5.41) is 2.92. The molecular weight excluding hydrogens is 467 g/mol. The second kappa shape index (κ2) is 9.45. The molecule has 0 radical (unpaired) electrons. The van der Waals surface area contributed by atoms with Gasteiger partial charge in [-0.25, -0.2) is 20.0 Å². The normalized spacial score (nSPS) is 18.2. The van der Waals surface area contributed by atoms with Crippen molar-refractivity contribution in [2.45, 2.75) is 44.9 Å². The molecule has 3 rings (SSSR count). The van der Waals surface area contributed by atoms with Gasteiger partial charge in [0.2, 0.25) is 0 Å². The molecule has 1 amide bonds. The Hall–Kier alpha value is -3.80. The fraction of sp³-hybridized carbons (Fsp3) is 0.348. The minimum Gasteiger partial charge on any atom is -0.423 e. The van der Waals surface area contributed by atoms with Gasteiger partial charge in [0, 0.05) is 24.4 Å². The van der Waals surface area contributed by atoms with E-state index in [0.717, 1.165) is 12.1 Å². The van der Waals surface area contributed by atoms with Crippen LogP contribution in [0.25, 0.3) is 11.3 Å². The lowest BCUT2D eigenvalue weighted by atomic mass is 9.97. The molecular formula is C23H26F3N5O4. The van der Waals surface area contributed by atoms with E-state index in [2.05, 4.69) is 21.2 Å². The molecule has 1 atom stereocenters. The summed E-state index contributed by atoms with van der Waals surface area (Å²) in [5.41, 5.74) is 3.54. The Labute approximate surface area is 200 Å². The predicted molar refractivity (Wildman–Crippen MR) is 121 cm³/mol. The number of halogens is 3. The molecule has 35 heavy (non-hydrogen) atoms. The molecule has 0 spiro atoms. The third kappa shape index (κ3) is 6.41. The van der Waals surface area contributed by atoms with Crippen LogP contribution >= 0.6 is 0 Å². The quantitative estimate of drug-likeness (QED) is 0.319. The molecule has 1 aromatic carbocycles. The number of anilines is 1. The average Bonchev–Trinajstić information content (AvgIpc) is 3.22. The zero-order chi connectivity index (χ0) is 26.0. The van der Waals surface area contributed by atoms with E-state index in [9.17, 15) is 22.8 Å². The van der Waals surface area contributed by atoms with Gasteiger partial charge in [-0.2, -0.15) is 13.2 Å². The van der Waals surface area contributed by atoms with Crippen molar-refractivity contribution in [2.75, 3.05) is 12.4 Å². The van der Waals surface area contributed by atoms with Crippen molar-refractivity contribution < 1.29 is 31.9 Å². The van der Waals surface area contributed by atoms with E-state index >= 15 is 0 Å². The molecule has 0 fully saturated rings. The van der Waals surface area contributed by atoms with Crippen molar-refractivity contribution >= 4 is 18.1 Å². The first-order chi connectivity index (χ1) is 16.2. The molecule has 2 heterocycles. The highest BCUT2D eigenvalue weighted by Gasteiger charge is 2.39. The Morgan fingerprint density at radius 1 is 1.14 bits per heavy atom. The number of amides is 1. The molecule has 1 aliphatic rings. The van der Waals surface area contributed by atoms with Gasteiger partial charge in [0.05, 0.1) is 17.5 Å². The SMILES string of the molecule is CN1C=C(Nc2ncc(-c3ccc(C(F)(F)F)cc3)o2)C=CC1(C)C(=O)OC(=O)NNC(C)(C)C. The van der Waals surface area contributed by atoms with Gasteiger partial charge in [0.15, 0.2) is 11.3 Å². The first-order valence-electron chi connectivity index (χ1n) is 10.5. The number of aromatic nitrogens is 1. The minimum absolute atomic E-state index is 0.100. The molecule has 0 saturated heterocycles. The fourth-order valence-corrected chi connectivity index (χ4v) is 2.91. The van der Waals surface area contributed by atoms with Crippen LogP contribution in [-0.2, 0) is 15.7 Å². The molecule has 0 saturated carbocycles. The summed E-state index contributed by atoms with van der Waals surface area (Å²) in [4.78, 5) is 30.2. The fourth-order valence-electron chi connectivity index (χ4n) is 2.91. The van der Waals surface area contributed by atoms with Crippen molar-refractivity contribution in [2.24, 2.45) is 0 Å². The summed E-state index contributed by atoms with van der Waals surface area (Å²) < 4.78 is 48.7. The van der Waals surface area contributed by atoms with Gasteiger partial charge in [-0.3, -0.25) is 5.43 Å². The number of carbonyl (C=O) groups is 2. The van der Waals surface area contributed by atoms with Crippen LogP contribution in [-0.4, -0.2) is 40.1 Å². The van der Waals surface area contributed by atoms with Gasteiger partial charge in [0.1, 0.15) is 0 Å². The van der Waals surface area contributed by atoms with Gasteiger partial charge in [0.25, 0.3) is 6.01 Å². The van der Waals surface area contributed by atoms with E-state index in [-0.39, 0.29) is 11.8 Å². The lowest BCUT2D eigenvalue weighted by Gasteiger charge is -2.35. The summed E-state index contributed by atoms with van der Waals surface area (Å²) in [7, 11) is 1.63. The average molecular weight is 493 g/mol. The van der Waals surface area contributed by atoms with Gasteiger partial charge < -0.3 is 19.4 Å². The van der Waals surface area contributed by atoms with E-state index in [0.29, 0.717) is 11.3 Å². The number of hydrazine groups is 1. The first-order valence-corrected chi connectivity index (χ1v) is 10.5. The number of carbonyl (C=O) groups excluding carboxylic acids is 2. The smallest absolute Gasteiger partial charge is 0.423 e. The van der Waals surface area contributed by atoms with Crippen molar-refractivity contribution in [1.29, 1.82) is 0 Å². The molecule has 1 aromatic heterocycles. The molecule has 188 valence electrons. The summed E-state index contributed by atoms with van der Waals surface area (Å²) in [6.07, 6.45) is 0.752. The molecule has 12 heteroatoms. The third-order valence-corrected chi connectivity index (χ3v) is 5.04. The predicted octanol–water partition coefficient (Wildman–Crippen LogP) is 4.43. The Kier molecular flexibility index (Phi) is 6.97. The lowest BCUT2D eigenvalue weighted by molar-refractivity contribution is -0.145. The van der Waals surface area contributed by atoms with Crippen molar-refractivity contribution in [3.63, 3.8) is 0 Å². The number of esters is 1. The standard InChI is InChI=1S/C23H26F3N5O4/c1-21(2,3)30-29-20(33)35-18(32)22(4)11-10-16(13-31(22)5)28-19-27-12-17(34-19)14-6-8-15(9-7-14)23(24,25)26/h6-13,30H,1-5H3,(H,27,28)(H,29,33). The Morgan fingerprint density at radius 2 is 1.80 bits per heavy atom. The van der Waals surface area contributed by atoms with E-state index in [1.54, 1.807) is 37.2 Å². The Morgan fingerprint density at radius 3 is 2.37 bits per heavy atom. The largest absolute Gasteiger partial charge is 0.429 e. The summed E-state index contributed by atoms with van der Waals surface area (Å²) in [6.45, 7) is 7.06.